The molecule has 0 aliphatic carbocycles. The molecule has 6 heteroatoms. The number of carbonyl (C=O) groups is 1. The lowest BCUT2D eigenvalue weighted by atomic mass is 9.99. The van der Waals surface area contributed by atoms with Gasteiger partial charge in [-0.3, -0.25) is 4.90 Å². The van der Waals surface area contributed by atoms with E-state index in [0.29, 0.717) is 12.5 Å². The Kier molecular flexibility index (Phi) is 4.05. The molecule has 2 amide bonds. The number of hydrogen-bond acceptors (Lipinski definition) is 3. The van der Waals surface area contributed by atoms with E-state index in [-0.39, 0.29) is 11.6 Å². The third-order valence-corrected chi connectivity index (χ3v) is 3.99. The number of rotatable bonds is 1. The fraction of sp³-hybridized carbons (Fsp3) is 0.533. The summed E-state index contributed by atoms with van der Waals surface area (Å²) in [5, 5.41) is 2.95. The molecule has 0 saturated carbocycles. The zero-order valence-electron chi connectivity index (χ0n) is 13.3. The Bertz CT molecular complexity index is 593. The molecule has 21 heavy (non-hydrogen) atoms. The lowest BCUT2D eigenvalue weighted by Gasteiger charge is -2.36. The minimum Gasteiger partial charge on any atom is -0.333 e. The van der Waals surface area contributed by atoms with Crippen molar-refractivity contribution in [3.8, 4) is 11.5 Å². The number of amides is 2. The van der Waals surface area contributed by atoms with Crippen LogP contribution < -0.4 is 10.2 Å². The highest BCUT2D eigenvalue weighted by atomic mass is 28.3. The number of anilines is 1. The zero-order chi connectivity index (χ0) is 15.7. The first-order valence-corrected chi connectivity index (χ1v) is 10.6. The maximum absolute atomic E-state index is 12.1. The van der Waals surface area contributed by atoms with Crippen LogP contribution in [0.3, 0.4) is 0 Å². The van der Waals surface area contributed by atoms with Gasteiger partial charge in [-0.05, 0) is 20.3 Å². The van der Waals surface area contributed by atoms with Crippen LogP contribution in [0.25, 0.3) is 0 Å². The molecule has 0 atom stereocenters. The van der Waals surface area contributed by atoms with E-state index in [4.69, 9.17) is 0 Å². The number of nitrogens with one attached hydrogen (secondary N) is 1. The van der Waals surface area contributed by atoms with Crippen molar-refractivity contribution < 1.29 is 4.79 Å². The van der Waals surface area contributed by atoms with Gasteiger partial charge in [-0.15, -0.1) is 5.54 Å². The van der Waals surface area contributed by atoms with Gasteiger partial charge in [0.2, 0.25) is 5.95 Å². The lowest BCUT2D eigenvalue weighted by Crippen LogP contribution is -2.57. The highest BCUT2D eigenvalue weighted by Gasteiger charge is 2.32. The average molecular weight is 302 g/mol. The Labute approximate surface area is 127 Å². The molecule has 0 spiro atoms. The lowest BCUT2D eigenvalue weighted by molar-refractivity contribution is 0.224. The summed E-state index contributed by atoms with van der Waals surface area (Å²) in [6.07, 6.45) is 4.23. The van der Waals surface area contributed by atoms with Crippen LogP contribution in [0.2, 0.25) is 19.6 Å². The summed E-state index contributed by atoms with van der Waals surface area (Å²) in [6.45, 7) is 11.2. The second-order valence-electron chi connectivity index (χ2n) is 6.99. The number of aromatic nitrogens is 2. The molecule has 1 aromatic heterocycles. The van der Waals surface area contributed by atoms with Gasteiger partial charge < -0.3 is 5.32 Å². The van der Waals surface area contributed by atoms with Crippen molar-refractivity contribution in [2.75, 3.05) is 11.4 Å². The number of urea groups is 1. The maximum atomic E-state index is 12.1. The minimum atomic E-state index is -1.40. The molecule has 0 bridgehead atoms. The van der Waals surface area contributed by atoms with Gasteiger partial charge in [0, 0.05) is 24.5 Å². The highest BCUT2D eigenvalue weighted by Crippen LogP contribution is 2.19. The Hall–Kier alpha value is -1.87. The minimum absolute atomic E-state index is 0.146. The first-order valence-electron chi connectivity index (χ1n) is 7.11. The zero-order valence-corrected chi connectivity index (χ0v) is 14.3. The first kappa shape index (κ1) is 15.5. The summed E-state index contributed by atoms with van der Waals surface area (Å²) >= 11 is 0. The molecule has 112 valence electrons. The van der Waals surface area contributed by atoms with Gasteiger partial charge in [0.1, 0.15) is 8.07 Å². The molecule has 1 N–H and O–H groups in total. The molecule has 1 aliphatic heterocycles. The smallest absolute Gasteiger partial charge is 0.324 e. The number of hydrogen-bond donors (Lipinski definition) is 1. The second-order valence-corrected chi connectivity index (χ2v) is 11.7. The fourth-order valence-corrected chi connectivity index (χ4v) is 2.41. The van der Waals surface area contributed by atoms with Gasteiger partial charge >= 0.3 is 6.03 Å². The molecule has 0 aromatic carbocycles. The predicted molar refractivity (Wildman–Crippen MR) is 86.8 cm³/mol. The molecule has 5 nitrogen and oxygen atoms in total. The average Bonchev–Trinajstić information content (AvgIpc) is 2.35. The normalized spacial score (nSPS) is 17.8. The summed E-state index contributed by atoms with van der Waals surface area (Å²) in [5.74, 6) is 3.54. The van der Waals surface area contributed by atoms with Crippen LogP contribution in [0.1, 0.15) is 25.8 Å². The van der Waals surface area contributed by atoms with Crippen LogP contribution in [0.5, 0.6) is 0 Å². The number of carbonyl (C=O) groups excluding carboxylic acids is 1. The van der Waals surface area contributed by atoms with Crippen molar-refractivity contribution in [2.24, 2.45) is 0 Å². The molecule has 1 saturated heterocycles. The maximum Gasteiger partial charge on any atom is 0.324 e. The second kappa shape index (κ2) is 5.49. The van der Waals surface area contributed by atoms with Crippen LogP contribution in [0, 0.1) is 11.5 Å². The largest absolute Gasteiger partial charge is 0.333 e. The van der Waals surface area contributed by atoms with Gasteiger partial charge in [-0.2, -0.15) is 0 Å². The van der Waals surface area contributed by atoms with E-state index in [0.717, 1.165) is 12.0 Å². The molecular formula is C15H22N4OSi. The Morgan fingerprint density at radius 1 is 1.29 bits per heavy atom. The molecule has 0 unspecified atom stereocenters. The Morgan fingerprint density at radius 3 is 2.43 bits per heavy atom. The molecule has 0 radical (unpaired) electrons. The molecule has 2 rings (SSSR count). The van der Waals surface area contributed by atoms with Crippen molar-refractivity contribution in [1.82, 2.24) is 15.3 Å². The van der Waals surface area contributed by atoms with Crippen molar-refractivity contribution in [2.45, 2.75) is 45.4 Å². The Morgan fingerprint density at radius 2 is 1.90 bits per heavy atom. The quantitative estimate of drug-likeness (QED) is 0.640. The van der Waals surface area contributed by atoms with Crippen LogP contribution in [0.4, 0.5) is 10.7 Å². The van der Waals surface area contributed by atoms with E-state index < -0.39 is 8.07 Å². The Balaban J connectivity index is 2.12. The van der Waals surface area contributed by atoms with E-state index in [9.17, 15) is 4.79 Å². The standard InChI is InChI=1S/C15H22N4OSi/c1-15(2)7-8-19(14(20)18-15)13-16-10-12(11-17-13)6-9-21(3,4)5/h10-11H,7-8H2,1-5H3,(H,18,20). The summed E-state index contributed by atoms with van der Waals surface area (Å²) < 4.78 is 0. The van der Waals surface area contributed by atoms with Gasteiger partial charge in [-0.1, -0.05) is 25.6 Å². The van der Waals surface area contributed by atoms with Crippen molar-refractivity contribution in [3.05, 3.63) is 18.0 Å². The van der Waals surface area contributed by atoms with Gasteiger partial charge in [0.05, 0.1) is 5.56 Å². The first-order chi connectivity index (χ1) is 9.66. The summed E-state index contributed by atoms with van der Waals surface area (Å²) in [5.41, 5.74) is 3.89. The molecular weight excluding hydrogens is 280 g/mol. The van der Waals surface area contributed by atoms with Crippen LogP contribution >= 0.6 is 0 Å². The van der Waals surface area contributed by atoms with E-state index in [1.54, 1.807) is 17.3 Å². The van der Waals surface area contributed by atoms with E-state index >= 15 is 0 Å². The van der Waals surface area contributed by atoms with Crippen molar-refractivity contribution >= 4 is 20.1 Å². The van der Waals surface area contributed by atoms with Gasteiger partial charge in [0.15, 0.2) is 0 Å². The monoisotopic (exact) mass is 302 g/mol. The van der Waals surface area contributed by atoms with Crippen molar-refractivity contribution in [3.63, 3.8) is 0 Å². The van der Waals surface area contributed by atoms with E-state index in [1.165, 1.54) is 0 Å². The third-order valence-electron chi connectivity index (χ3n) is 3.11. The van der Waals surface area contributed by atoms with E-state index in [2.05, 4.69) is 46.4 Å². The summed E-state index contributed by atoms with van der Waals surface area (Å²) in [7, 11) is -1.40. The topological polar surface area (TPSA) is 58.1 Å². The van der Waals surface area contributed by atoms with Crippen molar-refractivity contribution in [1.29, 1.82) is 0 Å². The molecule has 1 aromatic rings. The van der Waals surface area contributed by atoms with Crippen LogP contribution in [0.15, 0.2) is 12.4 Å². The van der Waals surface area contributed by atoms with Crippen LogP contribution in [-0.4, -0.2) is 36.2 Å². The van der Waals surface area contributed by atoms with Gasteiger partial charge in [-0.25, -0.2) is 14.8 Å². The highest BCUT2D eigenvalue weighted by molar-refractivity contribution is 6.83. The SMILES string of the molecule is CC1(C)CCN(c2ncc(C#C[Si](C)(C)C)cn2)C(=O)N1. The molecule has 1 aliphatic rings. The third kappa shape index (κ3) is 4.30. The van der Waals surface area contributed by atoms with Gasteiger partial charge in [0.25, 0.3) is 0 Å². The molecule has 1 fully saturated rings. The summed E-state index contributed by atoms with van der Waals surface area (Å²) in [4.78, 5) is 22.2. The summed E-state index contributed by atoms with van der Waals surface area (Å²) in [6, 6.07) is -0.146. The van der Waals surface area contributed by atoms with E-state index in [1.807, 2.05) is 13.8 Å². The predicted octanol–water partition coefficient (Wildman–Crippen LogP) is 2.40. The molecule has 2 heterocycles. The van der Waals surface area contributed by atoms with Crippen LogP contribution in [-0.2, 0) is 0 Å². The fourth-order valence-electron chi connectivity index (χ4n) is 1.89. The number of nitrogens with zero attached hydrogens (tertiary/aromatic N) is 3.